The molecule has 0 unspecified atom stereocenters. The maximum absolute atomic E-state index is 11.2. The Kier molecular flexibility index (Phi) is 3.90. The number of nitro benzene ring substituents is 1. The Labute approximate surface area is 113 Å². The monoisotopic (exact) mass is 274 g/mol. The second kappa shape index (κ2) is 5.79. The van der Waals surface area contributed by atoms with Crippen LogP contribution in [0.5, 0.6) is 11.6 Å². The number of hydrogen-bond acceptors (Lipinski definition) is 6. The van der Waals surface area contributed by atoms with E-state index in [0.717, 1.165) is 0 Å². The van der Waals surface area contributed by atoms with Gasteiger partial charge in [0.25, 0.3) is 5.69 Å². The maximum Gasteiger partial charge on any atom is 0.339 e. The van der Waals surface area contributed by atoms with Crippen LogP contribution in [0.2, 0.25) is 0 Å². The maximum atomic E-state index is 11.2. The molecule has 7 heteroatoms. The van der Waals surface area contributed by atoms with Gasteiger partial charge in [0.2, 0.25) is 5.88 Å². The van der Waals surface area contributed by atoms with Crippen molar-refractivity contribution >= 4 is 11.7 Å². The van der Waals surface area contributed by atoms with Crippen molar-refractivity contribution < 1.29 is 19.2 Å². The van der Waals surface area contributed by atoms with Crippen molar-refractivity contribution in [3.05, 3.63) is 58.3 Å². The summed E-state index contributed by atoms with van der Waals surface area (Å²) in [4.78, 5) is 25.2. The van der Waals surface area contributed by atoms with Gasteiger partial charge in [-0.1, -0.05) is 0 Å². The van der Waals surface area contributed by atoms with Crippen molar-refractivity contribution in [1.29, 1.82) is 0 Å². The minimum absolute atomic E-state index is 0.0219. The van der Waals surface area contributed by atoms with E-state index in [-0.39, 0.29) is 11.6 Å². The Morgan fingerprint density at radius 2 is 1.90 bits per heavy atom. The number of nitro groups is 1. The van der Waals surface area contributed by atoms with Crippen LogP contribution in [-0.4, -0.2) is 23.0 Å². The van der Waals surface area contributed by atoms with Gasteiger partial charge in [0.15, 0.2) is 0 Å². The second-order valence-corrected chi connectivity index (χ2v) is 3.73. The summed E-state index contributed by atoms with van der Waals surface area (Å²) in [5, 5.41) is 10.5. The summed E-state index contributed by atoms with van der Waals surface area (Å²) in [7, 11) is 1.28. The Hall–Kier alpha value is -2.96. The fraction of sp³-hybridized carbons (Fsp3) is 0.0769. The van der Waals surface area contributed by atoms with Gasteiger partial charge in [-0.25, -0.2) is 9.78 Å². The van der Waals surface area contributed by atoms with Crippen molar-refractivity contribution in [3.63, 3.8) is 0 Å². The Bertz CT molecular complexity index is 622. The molecule has 2 aromatic rings. The topological polar surface area (TPSA) is 91.6 Å². The quantitative estimate of drug-likeness (QED) is 0.483. The standard InChI is InChI=1S/C13H10N2O5/c1-19-13(16)9-2-7-12(14-8-9)20-11-5-3-10(4-6-11)15(17)18/h2-8H,1H3. The summed E-state index contributed by atoms with van der Waals surface area (Å²) in [6.07, 6.45) is 1.33. The summed E-state index contributed by atoms with van der Waals surface area (Å²) in [6, 6.07) is 8.62. The zero-order valence-electron chi connectivity index (χ0n) is 10.5. The smallest absolute Gasteiger partial charge is 0.339 e. The first kappa shape index (κ1) is 13.5. The van der Waals surface area contributed by atoms with E-state index in [2.05, 4.69) is 9.72 Å². The molecule has 20 heavy (non-hydrogen) atoms. The molecule has 7 nitrogen and oxygen atoms in total. The molecule has 102 valence electrons. The number of ether oxygens (including phenoxy) is 2. The predicted molar refractivity (Wildman–Crippen MR) is 68.7 cm³/mol. The molecular formula is C13H10N2O5. The minimum Gasteiger partial charge on any atom is -0.465 e. The summed E-state index contributed by atoms with van der Waals surface area (Å²) in [5.41, 5.74) is 0.287. The molecule has 0 saturated carbocycles. The van der Waals surface area contributed by atoms with E-state index in [4.69, 9.17) is 4.74 Å². The molecule has 0 spiro atoms. The van der Waals surface area contributed by atoms with Crippen LogP contribution in [0.4, 0.5) is 5.69 Å². The van der Waals surface area contributed by atoms with Crippen LogP contribution in [0, 0.1) is 10.1 Å². The van der Waals surface area contributed by atoms with E-state index >= 15 is 0 Å². The number of non-ortho nitro benzene ring substituents is 1. The number of carbonyl (C=O) groups excluding carboxylic acids is 1. The number of rotatable bonds is 4. The molecule has 0 radical (unpaired) electrons. The average Bonchev–Trinajstić information content (AvgIpc) is 2.48. The molecule has 2 rings (SSSR count). The third-order valence-corrected chi connectivity index (χ3v) is 2.43. The van der Waals surface area contributed by atoms with E-state index in [0.29, 0.717) is 11.3 Å². The number of esters is 1. The van der Waals surface area contributed by atoms with E-state index in [1.54, 1.807) is 0 Å². The zero-order valence-corrected chi connectivity index (χ0v) is 10.5. The lowest BCUT2D eigenvalue weighted by atomic mass is 10.3. The number of benzene rings is 1. The first-order valence-corrected chi connectivity index (χ1v) is 5.57. The molecule has 0 atom stereocenters. The largest absolute Gasteiger partial charge is 0.465 e. The lowest BCUT2D eigenvalue weighted by Gasteiger charge is -2.04. The van der Waals surface area contributed by atoms with Crippen LogP contribution in [0.25, 0.3) is 0 Å². The molecular weight excluding hydrogens is 264 g/mol. The molecule has 0 aliphatic carbocycles. The summed E-state index contributed by atoms with van der Waals surface area (Å²) >= 11 is 0. The molecule has 1 aromatic heterocycles. The molecule has 0 fully saturated rings. The molecule has 0 saturated heterocycles. The van der Waals surface area contributed by atoms with Crippen molar-refractivity contribution in [1.82, 2.24) is 4.98 Å². The fourth-order valence-corrected chi connectivity index (χ4v) is 1.44. The lowest BCUT2D eigenvalue weighted by molar-refractivity contribution is -0.384. The molecule has 1 aromatic carbocycles. The van der Waals surface area contributed by atoms with Gasteiger partial charge in [0, 0.05) is 24.4 Å². The zero-order chi connectivity index (χ0) is 14.5. The van der Waals surface area contributed by atoms with E-state index in [9.17, 15) is 14.9 Å². The van der Waals surface area contributed by atoms with Gasteiger partial charge in [-0.05, 0) is 18.2 Å². The summed E-state index contributed by atoms with van der Waals surface area (Å²) < 4.78 is 9.94. The van der Waals surface area contributed by atoms with E-state index in [1.807, 2.05) is 0 Å². The third-order valence-electron chi connectivity index (χ3n) is 2.43. The number of pyridine rings is 1. The number of hydrogen-bond donors (Lipinski definition) is 0. The third kappa shape index (κ3) is 3.08. The van der Waals surface area contributed by atoms with Crippen LogP contribution < -0.4 is 4.74 Å². The van der Waals surface area contributed by atoms with Crippen LogP contribution in [0.3, 0.4) is 0 Å². The molecule has 0 bridgehead atoms. The predicted octanol–water partition coefficient (Wildman–Crippen LogP) is 2.57. The number of carbonyl (C=O) groups is 1. The average molecular weight is 274 g/mol. The lowest BCUT2D eigenvalue weighted by Crippen LogP contribution is -2.01. The van der Waals surface area contributed by atoms with Gasteiger partial charge in [-0.2, -0.15) is 0 Å². The number of methoxy groups -OCH3 is 1. The van der Waals surface area contributed by atoms with Crippen LogP contribution in [0.1, 0.15) is 10.4 Å². The highest BCUT2D eigenvalue weighted by atomic mass is 16.6. The summed E-state index contributed by atoms with van der Waals surface area (Å²) in [6.45, 7) is 0. The number of aromatic nitrogens is 1. The van der Waals surface area contributed by atoms with Crippen molar-refractivity contribution in [2.24, 2.45) is 0 Å². The normalized spacial score (nSPS) is 9.85. The Morgan fingerprint density at radius 3 is 2.40 bits per heavy atom. The van der Waals surface area contributed by atoms with Gasteiger partial charge in [-0.3, -0.25) is 10.1 Å². The Morgan fingerprint density at radius 1 is 1.20 bits per heavy atom. The number of nitrogens with zero attached hydrogens (tertiary/aromatic N) is 2. The van der Waals surface area contributed by atoms with Crippen molar-refractivity contribution in [2.45, 2.75) is 0 Å². The van der Waals surface area contributed by atoms with Gasteiger partial charge < -0.3 is 9.47 Å². The second-order valence-electron chi connectivity index (χ2n) is 3.73. The Balaban J connectivity index is 2.10. The highest BCUT2D eigenvalue weighted by Gasteiger charge is 2.08. The summed E-state index contributed by atoms with van der Waals surface area (Å²) in [5.74, 6) is 0.194. The van der Waals surface area contributed by atoms with E-state index in [1.165, 1.54) is 49.7 Å². The highest BCUT2D eigenvalue weighted by molar-refractivity contribution is 5.88. The molecule has 0 aliphatic heterocycles. The van der Waals surface area contributed by atoms with E-state index < -0.39 is 10.9 Å². The molecule has 0 N–H and O–H groups in total. The minimum atomic E-state index is -0.493. The fourth-order valence-electron chi connectivity index (χ4n) is 1.44. The van der Waals surface area contributed by atoms with Crippen molar-refractivity contribution in [3.8, 4) is 11.6 Å². The van der Waals surface area contributed by atoms with Gasteiger partial charge in [0.1, 0.15) is 5.75 Å². The SMILES string of the molecule is COC(=O)c1ccc(Oc2ccc([N+](=O)[O-])cc2)nc1. The van der Waals surface area contributed by atoms with Gasteiger partial charge in [0.05, 0.1) is 17.6 Å². The highest BCUT2D eigenvalue weighted by Crippen LogP contribution is 2.22. The van der Waals surface area contributed by atoms with Crippen LogP contribution in [0.15, 0.2) is 42.6 Å². The van der Waals surface area contributed by atoms with Gasteiger partial charge in [-0.15, -0.1) is 0 Å². The van der Waals surface area contributed by atoms with Gasteiger partial charge >= 0.3 is 5.97 Å². The molecule has 1 heterocycles. The first-order chi connectivity index (χ1) is 9.60. The van der Waals surface area contributed by atoms with Crippen LogP contribution >= 0.6 is 0 Å². The molecule has 0 amide bonds. The molecule has 0 aliphatic rings. The van der Waals surface area contributed by atoms with Crippen molar-refractivity contribution in [2.75, 3.05) is 7.11 Å². The first-order valence-electron chi connectivity index (χ1n) is 5.57. The van der Waals surface area contributed by atoms with Crippen LogP contribution in [-0.2, 0) is 4.74 Å².